The van der Waals surface area contributed by atoms with Crippen molar-refractivity contribution in [3.05, 3.63) is 47.5 Å². The Morgan fingerprint density at radius 3 is 1.90 bits per heavy atom. The number of carbonyl (C=O) groups is 2. The van der Waals surface area contributed by atoms with E-state index in [0.29, 0.717) is 41.1 Å². The Morgan fingerprint density at radius 1 is 0.878 bits per heavy atom. The first kappa shape index (κ1) is 31.9. The smallest absolute Gasteiger partial charge is 0.308 e. The summed E-state index contributed by atoms with van der Waals surface area (Å²) in [5.74, 6) is 0.725. The van der Waals surface area contributed by atoms with E-state index in [0.717, 1.165) is 11.3 Å². The molecule has 0 atom stereocenters. The van der Waals surface area contributed by atoms with Crippen molar-refractivity contribution in [1.82, 2.24) is 10.1 Å². The van der Waals surface area contributed by atoms with Gasteiger partial charge in [-0.05, 0) is 97.9 Å². The van der Waals surface area contributed by atoms with Gasteiger partial charge in [-0.1, -0.05) is 16.8 Å². The molecule has 0 saturated heterocycles. The molecule has 0 N–H and O–H groups in total. The number of benzene rings is 2. The standard InChI is InChI=1S/C31H40ClN3O6/c1-20(2)38-25-14-11-22(19-24(25)32)28-33-29(41-34-28)21-9-12-23(13-10-21)35(17-15-26(36)39-30(3,4)5)18-16-27(37)40-31(6,7)8/h9-14,19-20H,15-18H2,1-8H3. The highest BCUT2D eigenvalue weighted by molar-refractivity contribution is 6.32. The summed E-state index contributed by atoms with van der Waals surface area (Å²) in [5, 5.41) is 4.57. The Kier molecular flexibility index (Phi) is 10.4. The molecule has 0 aliphatic rings. The van der Waals surface area contributed by atoms with Crippen LogP contribution in [0, 0.1) is 0 Å². The van der Waals surface area contributed by atoms with Crippen LogP contribution in [0.2, 0.25) is 5.02 Å². The Balaban J connectivity index is 1.75. The van der Waals surface area contributed by atoms with Gasteiger partial charge in [0.2, 0.25) is 5.82 Å². The fraction of sp³-hybridized carbons (Fsp3) is 0.484. The topological polar surface area (TPSA) is 104 Å². The number of halogens is 1. The summed E-state index contributed by atoms with van der Waals surface area (Å²) in [6.45, 7) is 15.6. The molecule has 222 valence electrons. The molecule has 1 aromatic heterocycles. The van der Waals surface area contributed by atoms with E-state index in [9.17, 15) is 9.59 Å². The van der Waals surface area contributed by atoms with Crippen molar-refractivity contribution in [2.75, 3.05) is 18.0 Å². The number of esters is 2. The molecule has 9 nitrogen and oxygen atoms in total. The minimum atomic E-state index is -0.571. The van der Waals surface area contributed by atoms with Crippen molar-refractivity contribution in [3.63, 3.8) is 0 Å². The average Bonchev–Trinajstić information content (AvgIpc) is 3.33. The first-order chi connectivity index (χ1) is 19.1. The molecule has 1 heterocycles. The van der Waals surface area contributed by atoms with E-state index in [1.165, 1.54) is 0 Å². The van der Waals surface area contributed by atoms with Crippen molar-refractivity contribution in [3.8, 4) is 28.6 Å². The molecule has 2 aromatic carbocycles. The summed E-state index contributed by atoms with van der Waals surface area (Å²) >= 11 is 6.37. The van der Waals surface area contributed by atoms with Crippen LogP contribution < -0.4 is 9.64 Å². The lowest BCUT2D eigenvalue weighted by atomic mass is 10.1. The molecule has 3 rings (SSSR count). The first-order valence-corrected chi connectivity index (χ1v) is 14.1. The lowest BCUT2D eigenvalue weighted by Gasteiger charge is -2.26. The normalized spacial score (nSPS) is 11.9. The van der Waals surface area contributed by atoms with E-state index in [-0.39, 0.29) is 30.9 Å². The predicted octanol–water partition coefficient (Wildman–Crippen LogP) is 7.11. The zero-order valence-corrected chi connectivity index (χ0v) is 25.9. The highest BCUT2D eigenvalue weighted by atomic mass is 35.5. The summed E-state index contributed by atoms with van der Waals surface area (Å²) in [6, 6.07) is 12.8. The molecule has 3 aromatic rings. The zero-order chi connectivity index (χ0) is 30.4. The second-order valence-corrected chi connectivity index (χ2v) is 12.3. The molecule has 0 aliphatic carbocycles. The van der Waals surface area contributed by atoms with Crippen LogP contribution in [-0.4, -0.2) is 52.5 Å². The van der Waals surface area contributed by atoms with Gasteiger partial charge in [-0.25, -0.2) is 0 Å². The van der Waals surface area contributed by atoms with Crippen LogP contribution >= 0.6 is 11.6 Å². The number of rotatable bonds is 11. The van der Waals surface area contributed by atoms with Gasteiger partial charge in [0.25, 0.3) is 5.89 Å². The molecule has 10 heteroatoms. The summed E-state index contributed by atoms with van der Waals surface area (Å²) < 4.78 is 22.1. The third-order valence-corrected chi connectivity index (χ3v) is 5.77. The molecule has 0 spiro atoms. The summed E-state index contributed by atoms with van der Waals surface area (Å²) in [5.41, 5.74) is 1.11. The Bertz CT molecular complexity index is 1290. The number of hydrogen-bond acceptors (Lipinski definition) is 9. The van der Waals surface area contributed by atoms with E-state index in [1.807, 2.05) is 90.6 Å². The van der Waals surface area contributed by atoms with Crippen LogP contribution in [0.4, 0.5) is 5.69 Å². The number of aromatic nitrogens is 2. The van der Waals surface area contributed by atoms with Crippen molar-refractivity contribution >= 4 is 29.2 Å². The fourth-order valence-corrected chi connectivity index (χ4v) is 4.09. The van der Waals surface area contributed by atoms with E-state index in [1.54, 1.807) is 12.1 Å². The SMILES string of the molecule is CC(C)Oc1ccc(-c2noc(-c3ccc(N(CCC(=O)OC(C)(C)C)CCC(=O)OC(C)(C)C)cc3)n2)cc1Cl. The monoisotopic (exact) mass is 585 g/mol. The molecule has 0 bridgehead atoms. The number of hydrogen-bond donors (Lipinski definition) is 0. The molecule has 0 saturated carbocycles. The van der Waals surface area contributed by atoms with Gasteiger partial charge in [0.15, 0.2) is 0 Å². The number of anilines is 1. The number of nitrogens with zero attached hydrogens (tertiary/aromatic N) is 3. The molecule has 41 heavy (non-hydrogen) atoms. The number of carbonyl (C=O) groups excluding carboxylic acids is 2. The fourth-order valence-electron chi connectivity index (χ4n) is 3.87. The van der Waals surface area contributed by atoms with Gasteiger partial charge in [-0.3, -0.25) is 9.59 Å². The largest absolute Gasteiger partial charge is 0.489 e. The maximum atomic E-state index is 12.4. The first-order valence-electron chi connectivity index (χ1n) is 13.7. The third kappa shape index (κ3) is 10.4. The Hall–Kier alpha value is -3.59. The lowest BCUT2D eigenvalue weighted by molar-refractivity contribution is -0.155. The summed E-state index contributed by atoms with van der Waals surface area (Å²) in [4.78, 5) is 31.3. The summed E-state index contributed by atoms with van der Waals surface area (Å²) in [7, 11) is 0. The van der Waals surface area contributed by atoms with Crippen molar-refractivity contribution in [2.24, 2.45) is 0 Å². The van der Waals surface area contributed by atoms with E-state index < -0.39 is 11.2 Å². The van der Waals surface area contributed by atoms with Gasteiger partial charge in [-0.2, -0.15) is 4.98 Å². The van der Waals surface area contributed by atoms with E-state index in [2.05, 4.69) is 10.1 Å². The van der Waals surface area contributed by atoms with Crippen LogP contribution in [-0.2, 0) is 19.1 Å². The van der Waals surface area contributed by atoms with Crippen LogP contribution in [0.1, 0.15) is 68.2 Å². The Morgan fingerprint density at radius 2 is 1.41 bits per heavy atom. The quantitative estimate of drug-likeness (QED) is 0.218. The highest BCUT2D eigenvalue weighted by Crippen LogP contribution is 2.31. The third-order valence-electron chi connectivity index (χ3n) is 5.47. The molecule has 0 aliphatic heterocycles. The zero-order valence-electron chi connectivity index (χ0n) is 25.1. The van der Waals surface area contributed by atoms with Crippen LogP contribution in [0.15, 0.2) is 47.0 Å². The van der Waals surface area contributed by atoms with E-state index >= 15 is 0 Å². The van der Waals surface area contributed by atoms with Crippen molar-refractivity contribution in [2.45, 2.75) is 85.5 Å². The van der Waals surface area contributed by atoms with Gasteiger partial charge in [0.05, 0.1) is 24.0 Å². The van der Waals surface area contributed by atoms with Gasteiger partial charge in [0, 0.05) is 29.9 Å². The van der Waals surface area contributed by atoms with Gasteiger partial charge in [0.1, 0.15) is 17.0 Å². The molecular weight excluding hydrogens is 546 g/mol. The van der Waals surface area contributed by atoms with Crippen LogP contribution in [0.3, 0.4) is 0 Å². The second-order valence-electron chi connectivity index (χ2n) is 11.9. The summed E-state index contributed by atoms with van der Waals surface area (Å²) in [6.07, 6.45) is 0.344. The van der Waals surface area contributed by atoms with Gasteiger partial charge < -0.3 is 23.6 Å². The molecule has 0 unspecified atom stereocenters. The van der Waals surface area contributed by atoms with Gasteiger partial charge in [-0.15, -0.1) is 0 Å². The number of ether oxygens (including phenoxy) is 3. The van der Waals surface area contributed by atoms with Crippen molar-refractivity contribution in [1.29, 1.82) is 0 Å². The van der Waals surface area contributed by atoms with Crippen LogP contribution in [0.25, 0.3) is 22.8 Å². The van der Waals surface area contributed by atoms with E-state index in [4.69, 9.17) is 30.3 Å². The molecule has 0 fully saturated rings. The average molecular weight is 586 g/mol. The molecular formula is C31H40ClN3O6. The highest BCUT2D eigenvalue weighted by Gasteiger charge is 2.21. The van der Waals surface area contributed by atoms with Crippen LogP contribution in [0.5, 0.6) is 5.75 Å². The minimum absolute atomic E-state index is 0.00337. The Labute approximate surface area is 247 Å². The lowest BCUT2D eigenvalue weighted by Crippen LogP contribution is -2.32. The maximum absolute atomic E-state index is 12.4. The molecule has 0 amide bonds. The predicted molar refractivity (Wildman–Crippen MR) is 159 cm³/mol. The molecule has 0 radical (unpaired) electrons. The maximum Gasteiger partial charge on any atom is 0.308 e. The minimum Gasteiger partial charge on any atom is -0.489 e. The van der Waals surface area contributed by atoms with Gasteiger partial charge >= 0.3 is 11.9 Å². The second kappa shape index (κ2) is 13.4. The van der Waals surface area contributed by atoms with Crippen molar-refractivity contribution < 1.29 is 28.3 Å².